The Kier molecular flexibility index (Phi) is 4.48. The van der Waals surface area contributed by atoms with Crippen molar-refractivity contribution in [3.8, 4) is 0 Å². The van der Waals surface area contributed by atoms with E-state index in [-0.39, 0.29) is 12.3 Å². The third-order valence-corrected chi connectivity index (χ3v) is 1.06. The third-order valence-electron chi connectivity index (χ3n) is 0.504. The van der Waals surface area contributed by atoms with Crippen molar-refractivity contribution < 1.29 is 13.6 Å². The van der Waals surface area contributed by atoms with Crippen LogP contribution in [0.3, 0.4) is 0 Å². The molecule has 0 rings (SSSR count). The molecule has 0 spiro atoms. The molecule has 0 aliphatic heterocycles. The minimum atomic E-state index is -1.79. The largest absolute Gasteiger partial charge is 0.358 e. The molecular weight excluding hydrogens is 130 g/mol. The van der Waals surface area contributed by atoms with Crippen LogP contribution in [-0.2, 0) is 15.9 Å². The zero-order chi connectivity index (χ0) is 6.41. The van der Waals surface area contributed by atoms with Crippen molar-refractivity contribution in [2.45, 2.75) is 0 Å². The highest BCUT2D eigenvalue weighted by Gasteiger charge is 1.88. The van der Waals surface area contributed by atoms with E-state index in [1.54, 1.807) is 0 Å². The van der Waals surface area contributed by atoms with Crippen molar-refractivity contribution in [1.82, 2.24) is 5.32 Å². The smallest absolute Gasteiger partial charge is 0.207 e. The fourth-order valence-corrected chi connectivity index (χ4v) is 0.498. The first-order valence-corrected chi connectivity index (χ1v) is 3.29. The van der Waals surface area contributed by atoms with Crippen LogP contribution in [0.25, 0.3) is 0 Å². The normalized spacial score (nSPS) is 12.6. The van der Waals surface area contributed by atoms with Gasteiger partial charge in [0.15, 0.2) is 11.1 Å². The lowest BCUT2D eigenvalue weighted by Crippen LogP contribution is -2.17. The molecule has 0 heterocycles. The molecule has 0 aromatic carbocycles. The van der Waals surface area contributed by atoms with E-state index in [1.165, 1.54) is 0 Å². The van der Waals surface area contributed by atoms with Gasteiger partial charge in [-0.2, -0.15) is 0 Å². The average molecular weight is 137 g/mol. The molecule has 0 fully saturated rings. The highest BCUT2D eigenvalue weighted by atomic mass is 32.2. The van der Waals surface area contributed by atoms with Crippen molar-refractivity contribution >= 4 is 17.5 Å². The van der Waals surface area contributed by atoms with Crippen molar-refractivity contribution in [2.24, 2.45) is 0 Å². The van der Waals surface area contributed by atoms with Crippen LogP contribution >= 0.6 is 0 Å². The van der Waals surface area contributed by atoms with Crippen LogP contribution in [0.15, 0.2) is 0 Å². The summed E-state index contributed by atoms with van der Waals surface area (Å²) < 4.78 is 17.9. The van der Waals surface area contributed by atoms with Crippen LogP contribution in [0.2, 0.25) is 0 Å². The van der Waals surface area contributed by atoms with Gasteiger partial charge in [-0.25, -0.2) is 4.21 Å². The van der Waals surface area contributed by atoms with E-state index in [9.17, 15) is 9.00 Å². The maximum absolute atomic E-state index is 9.83. The van der Waals surface area contributed by atoms with Gasteiger partial charge in [-0.15, -0.1) is 0 Å². The zero-order valence-corrected chi connectivity index (χ0v) is 4.98. The van der Waals surface area contributed by atoms with Gasteiger partial charge in [0.25, 0.3) is 0 Å². The molecule has 0 aromatic rings. The Hall–Kier alpha value is -0.420. The lowest BCUT2D eigenvalue weighted by molar-refractivity contribution is -0.109. The summed E-state index contributed by atoms with van der Waals surface area (Å²) in [6.07, 6.45) is 0.493. The lowest BCUT2D eigenvalue weighted by Gasteiger charge is -1.90. The molecule has 48 valence electrons. The molecule has 0 aromatic heterocycles. The number of carbonyl (C=O) groups excluding carboxylic acids is 1. The van der Waals surface area contributed by atoms with Crippen molar-refractivity contribution in [2.75, 3.05) is 12.3 Å². The Balaban J connectivity index is 2.93. The minimum Gasteiger partial charge on any atom is -0.358 e. The predicted octanol–water partition coefficient (Wildman–Crippen LogP) is -1.05. The van der Waals surface area contributed by atoms with Crippen molar-refractivity contribution in [3.05, 3.63) is 0 Å². The molecule has 0 aliphatic carbocycles. The molecule has 8 heavy (non-hydrogen) atoms. The summed E-state index contributed by atoms with van der Waals surface area (Å²) in [6.45, 7) is 0.257. The van der Waals surface area contributed by atoms with Crippen molar-refractivity contribution in [1.29, 1.82) is 0 Å². The molecule has 1 unspecified atom stereocenters. The highest BCUT2D eigenvalue weighted by Crippen LogP contribution is 1.67. The maximum Gasteiger partial charge on any atom is 0.207 e. The molecule has 0 bridgehead atoms. The summed E-state index contributed by atoms with van der Waals surface area (Å²) in [5.41, 5.74) is 0. The summed E-state index contributed by atoms with van der Waals surface area (Å²) >= 11 is -1.79. The second-order valence-corrected chi connectivity index (χ2v) is 2.15. The van der Waals surface area contributed by atoms with Crippen LogP contribution in [0, 0.1) is 0 Å². The second-order valence-electron chi connectivity index (χ2n) is 1.10. The van der Waals surface area contributed by atoms with E-state index in [1.807, 2.05) is 0 Å². The summed E-state index contributed by atoms with van der Waals surface area (Å²) in [5.74, 6) is 0.0960. The molecule has 5 heteroatoms. The molecule has 0 saturated carbocycles. The number of hydrogen-bond acceptors (Lipinski definition) is 2. The SMILES string of the molecule is O=CNCCS(=O)O. The predicted molar refractivity (Wildman–Crippen MR) is 29.7 cm³/mol. The number of carbonyl (C=O) groups is 1. The fraction of sp³-hybridized carbons (Fsp3) is 0.667. The van der Waals surface area contributed by atoms with Crippen LogP contribution in [0.1, 0.15) is 0 Å². The zero-order valence-electron chi connectivity index (χ0n) is 4.16. The maximum atomic E-state index is 9.83. The molecular formula is C3H7NO3S. The third kappa shape index (κ3) is 5.58. The molecule has 0 saturated heterocycles. The van der Waals surface area contributed by atoms with Gasteiger partial charge in [0.2, 0.25) is 6.41 Å². The first-order valence-electron chi connectivity index (χ1n) is 2.02. The number of rotatable bonds is 4. The molecule has 1 atom stereocenters. The van der Waals surface area contributed by atoms with E-state index in [2.05, 4.69) is 5.32 Å². The Morgan fingerprint density at radius 2 is 2.38 bits per heavy atom. The summed E-state index contributed by atoms with van der Waals surface area (Å²) in [7, 11) is 0. The number of hydrogen-bond donors (Lipinski definition) is 2. The van der Waals surface area contributed by atoms with Gasteiger partial charge in [0.1, 0.15) is 0 Å². The van der Waals surface area contributed by atoms with E-state index in [4.69, 9.17) is 4.55 Å². The summed E-state index contributed by atoms with van der Waals surface area (Å²) in [4.78, 5) is 9.49. The van der Waals surface area contributed by atoms with E-state index < -0.39 is 11.1 Å². The monoisotopic (exact) mass is 137 g/mol. The van der Waals surface area contributed by atoms with Crippen LogP contribution in [-0.4, -0.2) is 27.5 Å². The topological polar surface area (TPSA) is 66.4 Å². The lowest BCUT2D eigenvalue weighted by atomic mass is 10.8. The van der Waals surface area contributed by atoms with E-state index >= 15 is 0 Å². The van der Waals surface area contributed by atoms with Crippen LogP contribution in [0.4, 0.5) is 0 Å². The van der Waals surface area contributed by atoms with Gasteiger partial charge >= 0.3 is 0 Å². The fourth-order valence-electron chi connectivity index (χ4n) is 0.205. The van der Waals surface area contributed by atoms with Gasteiger partial charge in [-0.05, 0) is 0 Å². The molecule has 4 nitrogen and oxygen atoms in total. The first kappa shape index (κ1) is 7.58. The van der Waals surface area contributed by atoms with Crippen molar-refractivity contribution in [3.63, 3.8) is 0 Å². The minimum absolute atomic E-state index is 0.0960. The van der Waals surface area contributed by atoms with Gasteiger partial charge < -0.3 is 9.87 Å². The van der Waals surface area contributed by atoms with Gasteiger partial charge in [-0.1, -0.05) is 0 Å². The first-order chi connectivity index (χ1) is 3.77. The van der Waals surface area contributed by atoms with Crippen LogP contribution in [0.5, 0.6) is 0 Å². The van der Waals surface area contributed by atoms with E-state index in [0.29, 0.717) is 6.41 Å². The standard InChI is InChI=1S/C3H7NO3S/c5-3-4-1-2-8(6)7/h3H,1-2H2,(H,4,5)(H,6,7). The highest BCUT2D eigenvalue weighted by molar-refractivity contribution is 7.79. The molecule has 2 N–H and O–H groups in total. The van der Waals surface area contributed by atoms with Gasteiger partial charge in [0, 0.05) is 6.54 Å². The summed E-state index contributed by atoms with van der Waals surface area (Å²) in [5, 5.41) is 2.25. The number of amides is 1. The average Bonchev–Trinajstić information content (AvgIpc) is 1.66. The Labute approximate surface area is 49.6 Å². The second kappa shape index (κ2) is 4.73. The quantitative estimate of drug-likeness (QED) is 0.295. The van der Waals surface area contributed by atoms with Crippen LogP contribution < -0.4 is 5.32 Å². The van der Waals surface area contributed by atoms with Gasteiger partial charge in [-0.3, -0.25) is 4.79 Å². The van der Waals surface area contributed by atoms with E-state index in [0.717, 1.165) is 0 Å². The summed E-state index contributed by atoms with van der Waals surface area (Å²) in [6, 6.07) is 0. The number of nitrogens with one attached hydrogen (secondary N) is 1. The molecule has 1 amide bonds. The van der Waals surface area contributed by atoms with Gasteiger partial charge in [0.05, 0.1) is 5.75 Å². The Morgan fingerprint density at radius 3 is 2.75 bits per heavy atom. The molecule has 0 radical (unpaired) electrons. The Bertz CT molecular complexity index is 94.5. The molecule has 0 aliphatic rings. The Morgan fingerprint density at radius 1 is 1.75 bits per heavy atom.